The van der Waals surface area contributed by atoms with Gasteiger partial charge in [-0.15, -0.1) is 0 Å². The minimum atomic E-state index is -5.15. The van der Waals surface area contributed by atoms with Gasteiger partial charge in [0.05, 0.1) is 31.3 Å². The Morgan fingerprint density at radius 3 is 1.48 bits per heavy atom. The molecule has 1 saturated carbocycles. The van der Waals surface area contributed by atoms with E-state index in [0.29, 0.717) is 19.3 Å². The minimum absolute atomic E-state index is 0.263. The van der Waals surface area contributed by atoms with E-state index in [1.54, 1.807) is 6.08 Å². The first-order chi connectivity index (χ1) is 28.8. The smallest absolute Gasteiger partial charge is 0.393 e. The second-order valence-corrected chi connectivity index (χ2v) is 17.8. The molecule has 0 spiro atoms. The third-order valence-corrected chi connectivity index (χ3v) is 11.8. The summed E-state index contributed by atoms with van der Waals surface area (Å²) in [7, 11) is -5.15. The highest BCUT2D eigenvalue weighted by molar-refractivity contribution is 7.47. The van der Waals surface area contributed by atoms with Crippen LogP contribution in [-0.4, -0.2) is 108 Å². The van der Waals surface area contributed by atoms with Gasteiger partial charge in [-0.05, 0) is 70.6 Å². The molecular formula is C46H84NO12P. The number of amides is 1. The lowest BCUT2D eigenvalue weighted by Gasteiger charge is -2.41. The summed E-state index contributed by atoms with van der Waals surface area (Å²) in [4.78, 5) is 23.4. The number of rotatable bonds is 37. The first-order valence-corrected chi connectivity index (χ1v) is 24.7. The number of allylic oxidation sites excluding steroid dienone is 7. The maximum atomic E-state index is 13.0. The van der Waals surface area contributed by atoms with E-state index in [1.807, 2.05) is 0 Å². The van der Waals surface area contributed by atoms with E-state index in [-0.39, 0.29) is 6.42 Å². The molecule has 8 unspecified atom stereocenters. The molecule has 0 aromatic rings. The molecule has 350 valence electrons. The van der Waals surface area contributed by atoms with E-state index < -0.39 is 75.2 Å². The van der Waals surface area contributed by atoms with Gasteiger partial charge in [0.15, 0.2) is 0 Å². The SMILES string of the molecule is CCCCCC/C=C\CCCCCCCC(O)CC(=O)NC(COP(=O)(O)OC1C(O)C(O)C(O)C(O)C1O)C(O)/C=C/CC/C=C/CC/C=C/CCCCCCCCC. The standard InChI is InChI=1S/C46H84NO12P/c1-3-5-7-9-11-13-15-17-18-19-20-22-24-26-28-30-32-34-39(49)38(36-58-60(56,57)59-46-44(54)42(52)41(51)43(53)45(46)55)47-40(50)35-37(48)33-31-29-27-25-23-21-16-14-12-10-8-6-4-2/h14,16,18-19,24,26,32,34,37-39,41-46,48-49,51-55H,3-13,15,17,20-23,25,27-31,33,35-36H2,1-2H3,(H,47,50)(H,56,57)/b16-14-,19-18+,26-24+,34-32+. The van der Waals surface area contributed by atoms with Crippen LogP contribution in [0.3, 0.4) is 0 Å². The summed E-state index contributed by atoms with van der Waals surface area (Å²) in [5, 5.41) is 74.4. The van der Waals surface area contributed by atoms with E-state index >= 15 is 0 Å². The van der Waals surface area contributed by atoms with Gasteiger partial charge in [0, 0.05) is 0 Å². The summed E-state index contributed by atoms with van der Waals surface area (Å²) < 4.78 is 22.8. The molecule has 14 heteroatoms. The van der Waals surface area contributed by atoms with Gasteiger partial charge in [-0.2, -0.15) is 0 Å². The van der Waals surface area contributed by atoms with Crippen LogP contribution in [0.4, 0.5) is 0 Å². The van der Waals surface area contributed by atoms with Crippen molar-refractivity contribution in [3.63, 3.8) is 0 Å². The van der Waals surface area contributed by atoms with Crippen LogP contribution in [0.15, 0.2) is 48.6 Å². The summed E-state index contributed by atoms with van der Waals surface area (Å²) in [5.41, 5.74) is 0. The monoisotopic (exact) mass is 874 g/mol. The van der Waals surface area contributed by atoms with Crippen molar-refractivity contribution in [2.75, 3.05) is 6.61 Å². The van der Waals surface area contributed by atoms with Crippen molar-refractivity contribution in [2.45, 2.75) is 229 Å². The summed E-state index contributed by atoms with van der Waals surface area (Å²) in [6, 6.07) is -1.27. The maximum absolute atomic E-state index is 13.0. The first-order valence-electron chi connectivity index (χ1n) is 23.2. The van der Waals surface area contributed by atoms with Crippen molar-refractivity contribution >= 4 is 13.7 Å². The zero-order chi connectivity index (χ0) is 44.4. The topological polar surface area (TPSA) is 226 Å². The van der Waals surface area contributed by atoms with Gasteiger partial charge >= 0.3 is 7.82 Å². The molecular weight excluding hydrogens is 789 g/mol. The predicted octanol–water partition coefficient (Wildman–Crippen LogP) is 7.53. The van der Waals surface area contributed by atoms with Crippen LogP contribution < -0.4 is 5.32 Å². The number of unbranched alkanes of at least 4 members (excludes halogenated alkanes) is 18. The van der Waals surface area contributed by atoms with Crippen LogP contribution in [-0.2, 0) is 18.4 Å². The van der Waals surface area contributed by atoms with Crippen molar-refractivity contribution in [2.24, 2.45) is 0 Å². The summed E-state index contributed by atoms with van der Waals surface area (Å²) in [6.45, 7) is 3.69. The minimum Gasteiger partial charge on any atom is -0.393 e. The van der Waals surface area contributed by atoms with Crippen LogP contribution >= 0.6 is 7.82 Å². The zero-order valence-corrected chi connectivity index (χ0v) is 37.8. The van der Waals surface area contributed by atoms with Crippen LogP contribution in [0.1, 0.15) is 174 Å². The Kier molecular flexibility index (Phi) is 33.5. The van der Waals surface area contributed by atoms with E-state index in [9.17, 15) is 50.0 Å². The lowest BCUT2D eigenvalue weighted by Crippen LogP contribution is -2.64. The number of aliphatic hydroxyl groups is 7. The van der Waals surface area contributed by atoms with Crippen molar-refractivity contribution in [1.82, 2.24) is 5.32 Å². The maximum Gasteiger partial charge on any atom is 0.472 e. The Hall–Kier alpha value is -1.74. The molecule has 1 aliphatic rings. The van der Waals surface area contributed by atoms with E-state index in [4.69, 9.17) is 9.05 Å². The predicted molar refractivity (Wildman–Crippen MR) is 238 cm³/mol. The van der Waals surface area contributed by atoms with Gasteiger partial charge in [0.25, 0.3) is 0 Å². The van der Waals surface area contributed by atoms with Crippen molar-refractivity contribution in [3.8, 4) is 0 Å². The molecule has 60 heavy (non-hydrogen) atoms. The van der Waals surface area contributed by atoms with Crippen LogP contribution in [0.5, 0.6) is 0 Å². The average molecular weight is 874 g/mol. The van der Waals surface area contributed by atoms with Gasteiger partial charge in [-0.1, -0.05) is 146 Å². The molecule has 13 nitrogen and oxygen atoms in total. The van der Waals surface area contributed by atoms with Crippen LogP contribution in [0.25, 0.3) is 0 Å². The van der Waals surface area contributed by atoms with E-state index in [2.05, 4.69) is 55.6 Å². The molecule has 0 radical (unpaired) electrons. The molecule has 0 aliphatic heterocycles. The lowest BCUT2D eigenvalue weighted by atomic mass is 9.85. The first kappa shape index (κ1) is 56.3. The largest absolute Gasteiger partial charge is 0.472 e. The highest BCUT2D eigenvalue weighted by Crippen LogP contribution is 2.47. The Bertz CT molecular complexity index is 1220. The molecule has 0 aromatic carbocycles. The van der Waals surface area contributed by atoms with Gasteiger partial charge in [-0.25, -0.2) is 4.57 Å². The van der Waals surface area contributed by atoms with Crippen LogP contribution in [0, 0.1) is 0 Å². The quantitative estimate of drug-likeness (QED) is 0.0168. The fourth-order valence-corrected chi connectivity index (χ4v) is 8.00. The number of nitrogens with one attached hydrogen (secondary N) is 1. The number of hydrogen-bond donors (Lipinski definition) is 9. The zero-order valence-electron chi connectivity index (χ0n) is 36.9. The third-order valence-electron chi connectivity index (χ3n) is 10.9. The number of hydrogen-bond acceptors (Lipinski definition) is 11. The summed E-state index contributed by atoms with van der Waals surface area (Å²) >= 11 is 0. The Morgan fingerprint density at radius 2 is 0.983 bits per heavy atom. The molecule has 0 aromatic heterocycles. The Labute approximate surface area is 361 Å². The van der Waals surface area contributed by atoms with Crippen LogP contribution in [0.2, 0.25) is 0 Å². The van der Waals surface area contributed by atoms with Gasteiger partial charge < -0.3 is 46.0 Å². The molecule has 1 amide bonds. The molecule has 0 heterocycles. The lowest BCUT2D eigenvalue weighted by molar-refractivity contribution is -0.220. The molecule has 8 atom stereocenters. The number of phosphoric acid groups is 1. The summed E-state index contributed by atoms with van der Waals surface area (Å²) in [5.74, 6) is -0.614. The molecule has 1 fully saturated rings. The number of carbonyl (C=O) groups is 1. The molecule has 1 aliphatic carbocycles. The highest BCUT2D eigenvalue weighted by Gasteiger charge is 2.51. The molecule has 0 saturated heterocycles. The van der Waals surface area contributed by atoms with Gasteiger partial charge in [0.2, 0.25) is 5.91 Å². The van der Waals surface area contributed by atoms with Crippen molar-refractivity contribution in [3.05, 3.63) is 48.6 Å². The number of carbonyl (C=O) groups excluding carboxylic acids is 1. The Morgan fingerprint density at radius 1 is 0.583 bits per heavy atom. The second-order valence-electron chi connectivity index (χ2n) is 16.4. The second kappa shape index (κ2) is 35.7. The number of aliphatic hydroxyl groups excluding tert-OH is 7. The molecule has 0 bridgehead atoms. The Balaban J connectivity index is 2.61. The fourth-order valence-electron chi connectivity index (χ4n) is 7.03. The fraction of sp³-hybridized carbons (Fsp3) is 0.804. The van der Waals surface area contributed by atoms with Gasteiger partial charge in [-0.3, -0.25) is 13.8 Å². The van der Waals surface area contributed by atoms with Crippen molar-refractivity contribution in [1.29, 1.82) is 0 Å². The third kappa shape index (κ3) is 27.3. The molecule has 9 N–H and O–H groups in total. The normalized spacial score (nSPS) is 23.8. The van der Waals surface area contributed by atoms with E-state index in [0.717, 1.165) is 64.2 Å². The number of phosphoric ester groups is 1. The summed E-state index contributed by atoms with van der Waals surface area (Å²) in [6.07, 6.45) is 27.7. The highest BCUT2D eigenvalue weighted by atomic mass is 31.2. The van der Waals surface area contributed by atoms with E-state index in [1.165, 1.54) is 76.7 Å². The average Bonchev–Trinajstić information content (AvgIpc) is 3.22. The van der Waals surface area contributed by atoms with Gasteiger partial charge in [0.1, 0.15) is 36.6 Å². The molecule has 1 rings (SSSR count). The van der Waals surface area contributed by atoms with Crippen molar-refractivity contribution < 1.29 is 59.0 Å².